The van der Waals surface area contributed by atoms with Crippen molar-refractivity contribution in [1.82, 2.24) is 19.7 Å². The number of nitrogens with one attached hydrogen (secondary N) is 1. The number of aryl methyl sites for hydroxylation is 1. The normalized spacial score (nSPS) is 12.7. The third-order valence-corrected chi connectivity index (χ3v) is 5.49. The van der Waals surface area contributed by atoms with Gasteiger partial charge in [0.15, 0.2) is 5.82 Å². The molecule has 8 nitrogen and oxygen atoms in total. The Morgan fingerprint density at radius 3 is 2.47 bits per heavy atom. The largest absolute Gasteiger partial charge is 0.322 e. The van der Waals surface area contributed by atoms with Crippen LogP contribution in [0.1, 0.15) is 42.2 Å². The van der Waals surface area contributed by atoms with Crippen LogP contribution in [-0.4, -0.2) is 37.4 Å². The monoisotopic (exact) mass is 455 g/mol. The highest BCUT2D eigenvalue weighted by atomic mass is 19.1. The van der Waals surface area contributed by atoms with Crippen molar-refractivity contribution in [3.05, 3.63) is 107 Å². The Kier molecular flexibility index (Phi) is 5.21. The van der Waals surface area contributed by atoms with Crippen molar-refractivity contribution < 1.29 is 18.8 Å². The van der Waals surface area contributed by atoms with Crippen molar-refractivity contribution in [3.63, 3.8) is 0 Å². The molecule has 168 valence electrons. The highest BCUT2D eigenvalue weighted by molar-refractivity contribution is 6.22. The van der Waals surface area contributed by atoms with Crippen molar-refractivity contribution >= 4 is 23.4 Å². The molecule has 0 unspecified atom stereocenters. The lowest BCUT2D eigenvalue weighted by Crippen LogP contribution is -2.29. The van der Waals surface area contributed by atoms with Gasteiger partial charge in [-0.1, -0.05) is 0 Å². The zero-order valence-corrected chi connectivity index (χ0v) is 18.0. The first-order valence-electron chi connectivity index (χ1n) is 10.4. The van der Waals surface area contributed by atoms with Crippen molar-refractivity contribution in [3.8, 4) is 5.69 Å². The molecule has 2 aromatic heterocycles. The molecule has 0 radical (unpaired) electrons. The van der Waals surface area contributed by atoms with Crippen LogP contribution in [0, 0.1) is 12.7 Å². The molecular weight excluding hydrogens is 437 g/mol. The van der Waals surface area contributed by atoms with Crippen molar-refractivity contribution in [2.75, 3.05) is 5.32 Å². The number of halogens is 1. The highest BCUT2D eigenvalue weighted by Crippen LogP contribution is 2.26. The molecule has 4 aromatic rings. The molecule has 3 heterocycles. The number of carbonyl (C=O) groups is 3. The van der Waals surface area contributed by atoms with Gasteiger partial charge in [0.2, 0.25) is 0 Å². The molecule has 0 spiro atoms. The predicted octanol–water partition coefficient (Wildman–Crippen LogP) is 3.76. The van der Waals surface area contributed by atoms with Crippen LogP contribution in [0.5, 0.6) is 0 Å². The first-order chi connectivity index (χ1) is 16.4. The molecule has 1 N–H and O–H groups in total. The van der Waals surface area contributed by atoms with E-state index in [1.807, 2.05) is 6.92 Å². The summed E-state index contributed by atoms with van der Waals surface area (Å²) < 4.78 is 16.0. The summed E-state index contributed by atoms with van der Waals surface area (Å²) in [4.78, 5) is 43.4. The van der Waals surface area contributed by atoms with E-state index in [2.05, 4.69) is 15.4 Å². The first kappa shape index (κ1) is 21.2. The lowest BCUT2D eigenvalue weighted by Gasteiger charge is -2.13. The Morgan fingerprint density at radius 1 is 1.00 bits per heavy atom. The maximum atomic E-state index is 14.6. The minimum absolute atomic E-state index is 0.109. The fraction of sp³-hybridized carbons (Fsp3) is 0.0800. The van der Waals surface area contributed by atoms with Gasteiger partial charge in [0.05, 0.1) is 23.9 Å². The molecule has 0 fully saturated rings. The number of fused-ring (bicyclic) bond motifs is 1. The van der Waals surface area contributed by atoms with Gasteiger partial charge in [-0.05, 0) is 66.6 Å². The van der Waals surface area contributed by atoms with E-state index in [-0.39, 0.29) is 34.6 Å². The van der Waals surface area contributed by atoms with Gasteiger partial charge in [-0.3, -0.25) is 24.3 Å². The standard InChI is InChI=1S/C25H18FN5O3/c1-15-12-28-31(13-15)22-5-3-18(11-21(22)26)29-23(32)17-2-4-19-20(10-17)25(34)30(24(19)33)14-16-6-8-27-9-7-16/h2-13H,14H2,1H3,(H,29,32). The predicted molar refractivity (Wildman–Crippen MR) is 121 cm³/mol. The summed E-state index contributed by atoms with van der Waals surface area (Å²) in [5.74, 6) is -1.98. The maximum Gasteiger partial charge on any atom is 0.261 e. The van der Waals surface area contributed by atoms with Crippen molar-refractivity contribution in [2.24, 2.45) is 0 Å². The fourth-order valence-corrected chi connectivity index (χ4v) is 3.76. The van der Waals surface area contributed by atoms with Gasteiger partial charge in [0.25, 0.3) is 17.7 Å². The molecule has 34 heavy (non-hydrogen) atoms. The van der Waals surface area contributed by atoms with Gasteiger partial charge < -0.3 is 5.32 Å². The Morgan fingerprint density at radius 2 is 1.76 bits per heavy atom. The number of amides is 3. The molecule has 1 aliphatic heterocycles. The van der Waals surface area contributed by atoms with Crippen LogP contribution in [0.2, 0.25) is 0 Å². The van der Waals surface area contributed by atoms with Gasteiger partial charge >= 0.3 is 0 Å². The van der Waals surface area contributed by atoms with Crippen LogP contribution in [0.25, 0.3) is 5.69 Å². The Labute approximate surface area is 193 Å². The number of hydrogen-bond donors (Lipinski definition) is 1. The Bertz CT molecular complexity index is 1450. The van der Waals surface area contributed by atoms with E-state index in [4.69, 9.17) is 0 Å². The molecule has 5 rings (SSSR count). The molecule has 0 aliphatic carbocycles. The smallest absolute Gasteiger partial charge is 0.261 e. The Balaban J connectivity index is 1.34. The molecular formula is C25H18FN5O3. The molecule has 2 aromatic carbocycles. The second kappa shape index (κ2) is 8.36. The van der Waals surface area contributed by atoms with E-state index in [0.29, 0.717) is 0 Å². The number of anilines is 1. The number of benzene rings is 2. The average molecular weight is 455 g/mol. The number of imide groups is 1. The van der Waals surface area contributed by atoms with E-state index in [1.165, 1.54) is 35.0 Å². The zero-order chi connectivity index (χ0) is 23.8. The molecule has 0 saturated heterocycles. The third kappa shape index (κ3) is 3.83. The SMILES string of the molecule is Cc1cnn(-c2ccc(NC(=O)c3ccc4c(c3)C(=O)N(Cc3ccncc3)C4=O)cc2F)c1. The fourth-order valence-electron chi connectivity index (χ4n) is 3.76. The number of rotatable bonds is 5. The summed E-state index contributed by atoms with van der Waals surface area (Å²) in [6, 6.07) is 12.0. The molecule has 1 aliphatic rings. The molecule has 0 bridgehead atoms. The average Bonchev–Trinajstić information content (AvgIpc) is 3.36. The van der Waals surface area contributed by atoms with E-state index < -0.39 is 23.5 Å². The van der Waals surface area contributed by atoms with Gasteiger partial charge in [-0.2, -0.15) is 5.10 Å². The van der Waals surface area contributed by atoms with E-state index in [9.17, 15) is 18.8 Å². The zero-order valence-electron chi connectivity index (χ0n) is 18.0. The molecule has 3 amide bonds. The minimum Gasteiger partial charge on any atom is -0.322 e. The quantitative estimate of drug-likeness (QED) is 0.462. The summed E-state index contributed by atoms with van der Waals surface area (Å²) in [6.45, 7) is 1.96. The first-order valence-corrected chi connectivity index (χ1v) is 10.4. The van der Waals surface area contributed by atoms with E-state index in [1.54, 1.807) is 43.0 Å². The van der Waals surface area contributed by atoms with Crippen molar-refractivity contribution in [1.29, 1.82) is 0 Å². The number of nitrogens with zero attached hydrogens (tertiary/aromatic N) is 4. The second-order valence-electron chi connectivity index (χ2n) is 7.89. The van der Waals surface area contributed by atoms with Gasteiger partial charge in [0, 0.05) is 29.8 Å². The number of carbonyl (C=O) groups excluding carboxylic acids is 3. The van der Waals surface area contributed by atoms with E-state index >= 15 is 0 Å². The van der Waals surface area contributed by atoms with Gasteiger partial charge in [-0.25, -0.2) is 9.07 Å². The third-order valence-electron chi connectivity index (χ3n) is 5.49. The van der Waals surface area contributed by atoms with Crippen LogP contribution in [0.3, 0.4) is 0 Å². The number of aromatic nitrogens is 3. The summed E-state index contributed by atoms with van der Waals surface area (Å²) in [5, 5.41) is 6.71. The second-order valence-corrected chi connectivity index (χ2v) is 7.89. The lowest BCUT2D eigenvalue weighted by atomic mass is 10.1. The molecule has 0 saturated carbocycles. The van der Waals surface area contributed by atoms with Crippen LogP contribution in [-0.2, 0) is 6.54 Å². The Hall–Kier alpha value is -4.66. The topological polar surface area (TPSA) is 97.2 Å². The maximum absolute atomic E-state index is 14.6. The van der Waals surface area contributed by atoms with Gasteiger partial charge in [-0.15, -0.1) is 0 Å². The highest BCUT2D eigenvalue weighted by Gasteiger charge is 2.36. The van der Waals surface area contributed by atoms with E-state index in [0.717, 1.165) is 16.0 Å². The van der Waals surface area contributed by atoms with Crippen LogP contribution < -0.4 is 5.32 Å². The summed E-state index contributed by atoms with van der Waals surface area (Å²) in [6.07, 6.45) is 6.48. The number of hydrogen-bond acceptors (Lipinski definition) is 5. The number of pyridine rings is 1. The summed E-state index contributed by atoms with van der Waals surface area (Å²) in [7, 11) is 0. The lowest BCUT2D eigenvalue weighted by molar-refractivity contribution is 0.0642. The van der Waals surface area contributed by atoms with Crippen molar-refractivity contribution in [2.45, 2.75) is 13.5 Å². The molecule has 9 heteroatoms. The van der Waals surface area contributed by atoms with Crippen LogP contribution >= 0.6 is 0 Å². The van der Waals surface area contributed by atoms with Gasteiger partial charge in [0.1, 0.15) is 5.69 Å². The molecule has 0 atom stereocenters. The van der Waals surface area contributed by atoms with Crippen LogP contribution in [0.4, 0.5) is 10.1 Å². The summed E-state index contributed by atoms with van der Waals surface area (Å²) >= 11 is 0. The summed E-state index contributed by atoms with van der Waals surface area (Å²) in [5.41, 5.74) is 2.72. The van der Waals surface area contributed by atoms with Crippen LogP contribution in [0.15, 0.2) is 73.3 Å². The minimum atomic E-state index is -0.553.